The molecular formula is C8H13NO3. The lowest BCUT2D eigenvalue weighted by Gasteiger charge is -2.20. The van der Waals surface area contributed by atoms with E-state index in [1.165, 1.54) is 0 Å². The number of likely N-dealkylation sites (tertiary alicyclic amines) is 1. The molecule has 0 saturated carbocycles. The molecule has 2 saturated heterocycles. The maximum Gasteiger partial charge on any atom is 0.210 e. The van der Waals surface area contributed by atoms with Gasteiger partial charge in [0.2, 0.25) is 6.41 Å². The van der Waals surface area contributed by atoms with Crippen molar-refractivity contribution < 1.29 is 14.3 Å². The highest BCUT2D eigenvalue weighted by Crippen LogP contribution is 2.33. The van der Waals surface area contributed by atoms with Gasteiger partial charge in [0.25, 0.3) is 0 Å². The molecule has 0 radical (unpaired) electrons. The molecule has 1 spiro atoms. The van der Waals surface area contributed by atoms with E-state index >= 15 is 0 Å². The number of hydrogen-bond acceptors (Lipinski definition) is 3. The van der Waals surface area contributed by atoms with Crippen LogP contribution in [0.4, 0.5) is 0 Å². The Labute approximate surface area is 71.4 Å². The fourth-order valence-electron chi connectivity index (χ4n) is 1.91. The molecule has 0 aromatic heterocycles. The second kappa shape index (κ2) is 2.71. The van der Waals surface area contributed by atoms with Crippen molar-refractivity contribution in [1.29, 1.82) is 0 Å². The fourth-order valence-corrected chi connectivity index (χ4v) is 1.91. The van der Waals surface area contributed by atoms with Crippen LogP contribution in [0.2, 0.25) is 0 Å². The summed E-state index contributed by atoms with van der Waals surface area (Å²) in [6, 6.07) is 0.237. The minimum Gasteiger partial charge on any atom is -0.346 e. The van der Waals surface area contributed by atoms with Crippen molar-refractivity contribution in [2.45, 2.75) is 25.2 Å². The van der Waals surface area contributed by atoms with Crippen LogP contribution >= 0.6 is 0 Å². The Balaban J connectivity index is 2.08. The van der Waals surface area contributed by atoms with E-state index in [1.807, 2.05) is 6.92 Å². The van der Waals surface area contributed by atoms with Gasteiger partial charge in [0.1, 0.15) is 0 Å². The predicted octanol–water partition coefficient (Wildman–Crippen LogP) is -0.0199. The summed E-state index contributed by atoms with van der Waals surface area (Å²) in [6.45, 7) is 3.89. The van der Waals surface area contributed by atoms with Crippen LogP contribution in [0, 0.1) is 0 Å². The summed E-state index contributed by atoms with van der Waals surface area (Å²) >= 11 is 0. The summed E-state index contributed by atoms with van der Waals surface area (Å²) in [5.74, 6) is -0.472. The van der Waals surface area contributed by atoms with E-state index in [0.717, 1.165) is 12.8 Å². The smallest absolute Gasteiger partial charge is 0.210 e. The zero-order valence-corrected chi connectivity index (χ0v) is 7.16. The molecule has 0 N–H and O–H groups in total. The van der Waals surface area contributed by atoms with Gasteiger partial charge in [-0.2, -0.15) is 0 Å². The molecule has 68 valence electrons. The second-order valence-electron chi connectivity index (χ2n) is 3.44. The van der Waals surface area contributed by atoms with Crippen LogP contribution in [0.25, 0.3) is 0 Å². The first kappa shape index (κ1) is 8.01. The fraction of sp³-hybridized carbons (Fsp3) is 0.875. The van der Waals surface area contributed by atoms with Gasteiger partial charge in [-0.25, -0.2) is 0 Å². The average Bonchev–Trinajstić information content (AvgIpc) is 2.60. The highest BCUT2D eigenvalue weighted by molar-refractivity contribution is 5.48. The lowest BCUT2D eigenvalue weighted by Crippen LogP contribution is -2.33. The lowest BCUT2D eigenvalue weighted by molar-refractivity contribution is -0.148. The third kappa shape index (κ3) is 1.11. The molecule has 0 bridgehead atoms. The van der Waals surface area contributed by atoms with Crippen LogP contribution in [0.15, 0.2) is 0 Å². The number of carbonyl (C=O) groups excluding carboxylic acids is 1. The monoisotopic (exact) mass is 171 g/mol. The highest BCUT2D eigenvalue weighted by atomic mass is 16.7. The number of rotatable bonds is 1. The molecule has 2 aliphatic rings. The SMILES string of the molecule is CC1CC2(CN1C=O)OCCO2. The summed E-state index contributed by atoms with van der Waals surface area (Å²) in [5, 5.41) is 0. The van der Waals surface area contributed by atoms with Gasteiger partial charge < -0.3 is 14.4 Å². The highest BCUT2D eigenvalue weighted by Gasteiger charge is 2.46. The summed E-state index contributed by atoms with van der Waals surface area (Å²) in [5.41, 5.74) is 0. The Morgan fingerprint density at radius 1 is 1.50 bits per heavy atom. The number of carbonyl (C=O) groups is 1. The van der Waals surface area contributed by atoms with E-state index in [0.29, 0.717) is 19.8 Å². The van der Waals surface area contributed by atoms with E-state index in [4.69, 9.17) is 9.47 Å². The zero-order chi connectivity index (χ0) is 8.60. The summed E-state index contributed by atoms with van der Waals surface area (Å²) < 4.78 is 11.0. The molecule has 4 nitrogen and oxygen atoms in total. The van der Waals surface area contributed by atoms with Crippen molar-refractivity contribution >= 4 is 6.41 Å². The summed E-state index contributed by atoms with van der Waals surface area (Å²) in [6.07, 6.45) is 1.66. The lowest BCUT2D eigenvalue weighted by atomic mass is 10.2. The molecule has 2 fully saturated rings. The Morgan fingerprint density at radius 3 is 2.67 bits per heavy atom. The number of amides is 1. The van der Waals surface area contributed by atoms with Gasteiger partial charge in [0.05, 0.1) is 19.8 Å². The molecule has 0 aromatic rings. The molecule has 2 heterocycles. The third-order valence-electron chi connectivity index (χ3n) is 2.54. The van der Waals surface area contributed by atoms with Crippen molar-refractivity contribution in [3.63, 3.8) is 0 Å². The van der Waals surface area contributed by atoms with Gasteiger partial charge in [-0.1, -0.05) is 0 Å². The van der Waals surface area contributed by atoms with Crippen molar-refractivity contribution in [3.05, 3.63) is 0 Å². The Bertz CT molecular complexity index is 189. The molecule has 1 amide bonds. The van der Waals surface area contributed by atoms with Crippen LogP contribution in [0.5, 0.6) is 0 Å². The maximum absolute atomic E-state index is 10.6. The number of ether oxygens (including phenoxy) is 2. The molecular weight excluding hydrogens is 158 g/mol. The summed E-state index contributed by atoms with van der Waals surface area (Å²) in [4.78, 5) is 12.3. The molecule has 12 heavy (non-hydrogen) atoms. The van der Waals surface area contributed by atoms with E-state index in [1.54, 1.807) is 4.90 Å². The first-order valence-electron chi connectivity index (χ1n) is 4.25. The molecule has 4 heteroatoms. The largest absolute Gasteiger partial charge is 0.346 e. The van der Waals surface area contributed by atoms with Gasteiger partial charge >= 0.3 is 0 Å². The van der Waals surface area contributed by atoms with Gasteiger partial charge in [0, 0.05) is 12.5 Å². The standard InChI is InChI=1S/C8H13NO3/c1-7-4-8(5-9(7)6-10)11-2-3-12-8/h6-7H,2-5H2,1H3. The Kier molecular flexibility index (Phi) is 1.81. The molecule has 0 aromatic carbocycles. The van der Waals surface area contributed by atoms with Crippen LogP contribution in [0.3, 0.4) is 0 Å². The van der Waals surface area contributed by atoms with E-state index in [2.05, 4.69) is 0 Å². The normalized spacial score (nSPS) is 33.1. The van der Waals surface area contributed by atoms with Crippen LogP contribution in [-0.4, -0.2) is 42.9 Å². The molecule has 2 rings (SSSR count). The van der Waals surface area contributed by atoms with Crippen LogP contribution in [-0.2, 0) is 14.3 Å². The van der Waals surface area contributed by atoms with Crippen molar-refractivity contribution in [1.82, 2.24) is 4.90 Å². The van der Waals surface area contributed by atoms with Crippen LogP contribution < -0.4 is 0 Å². The Hall–Kier alpha value is -0.610. The first-order valence-corrected chi connectivity index (χ1v) is 4.25. The first-order chi connectivity index (χ1) is 5.76. The van der Waals surface area contributed by atoms with Crippen molar-refractivity contribution in [3.8, 4) is 0 Å². The van der Waals surface area contributed by atoms with E-state index < -0.39 is 5.79 Å². The Morgan fingerprint density at radius 2 is 2.17 bits per heavy atom. The number of nitrogens with zero attached hydrogens (tertiary/aromatic N) is 1. The second-order valence-corrected chi connectivity index (χ2v) is 3.44. The van der Waals surface area contributed by atoms with Gasteiger partial charge in [-0.15, -0.1) is 0 Å². The van der Waals surface area contributed by atoms with Gasteiger partial charge in [0.15, 0.2) is 5.79 Å². The van der Waals surface area contributed by atoms with Crippen LogP contribution in [0.1, 0.15) is 13.3 Å². The molecule has 1 atom stereocenters. The van der Waals surface area contributed by atoms with Gasteiger partial charge in [-0.3, -0.25) is 4.79 Å². The van der Waals surface area contributed by atoms with Gasteiger partial charge in [-0.05, 0) is 6.92 Å². The topological polar surface area (TPSA) is 38.8 Å². The molecule has 0 aliphatic carbocycles. The zero-order valence-electron chi connectivity index (χ0n) is 7.16. The third-order valence-corrected chi connectivity index (χ3v) is 2.54. The van der Waals surface area contributed by atoms with E-state index in [9.17, 15) is 4.79 Å². The van der Waals surface area contributed by atoms with Crippen molar-refractivity contribution in [2.75, 3.05) is 19.8 Å². The molecule has 1 unspecified atom stereocenters. The van der Waals surface area contributed by atoms with Crippen molar-refractivity contribution in [2.24, 2.45) is 0 Å². The minimum absolute atomic E-state index is 0.237. The molecule has 2 aliphatic heterocycles. The predicted molar refractivity (Wildman–Crippen MR) is 41.5 cm³/mol. The average molecular weight is 171 g/mol. The minimum atomic E-state index is -0.472. The quantitative estimate of drug-likeness (QED) is 0.520. The maximum atomic E-state index is 10.6. The summed E-state index contributed by atoms with van der Waals surface area (Å²) in [7, 11) is 0. The number of hydrogen-bond donors (Lipinski definition) is 0. The van der Waals surface area contributed by atoms with E-state index in [-0.39, 0.29) is 6.04 Å².